The van der Waals surface area contributed by atoms with Crippen molar-refractivity contribution in [1.29, 1.82) is 0 Å². The van der Waals surface area contributed by atoms with Crippen molar-refractivity contribution in [3.05, 3.63) is 23.9 Å². The molecule has 4 nitrogen and oxygen atoms in total. The Labute approximate surface area is 95.5 Å². The molecule has 2 rings (SSSR count). The summed E-state index contributed by atoms with van der Waals surface area (Å²) in [5.41, 5.74) is 0.852. The van der Waals surface area contributed by atoms with Gasteiger partial charge in [-0.15, -0.1) is 0 Å². The minimum Gasteiger partial charge on any atom is -0.393 e. The lowest BCUT2D eigenvalue weighted by Gasteiger charge is -2.35. The number of hydrogen-bond donors (Lipinski definition) is 2. The van der Waals surface area contributed by atoms with Gasteiger partial charge in [0.2, 0.25) is 0 Å². The Balaban J connectivity index is 1.99. The standard InChI is InChI=1S/C12H18N2O2/c1-14(7-9-5-11(16)6-9)12-10(8-15)3-2-4-13-12/h2-4,9,11,15-16H,5-8H2,1H3. The van der Waals surface area contributed by atoms with Crippen LogP contribution in [0.1, 0.15) is 18.4 Å². The van der Waals surface area contributed by atoms with Crippen molar-refractivity contribution in [3.63, 3.8) is 0 Å². The minimum absolute atomic E-state index is 0.0147. The molecule has 0 aromatic carbocycles. The van der Waals surface area contributed by atoms with E-state index in [1.165, 1.54) is 0 Å². The van der Waals surface area contributed by atoms with Crippen LogP contribution in [-0.4, -0.2) is 34.9 Å². The van der Waals surface area contributed by atoms with Crippen molar-refractivity contribution < 1.29 is 10.2 Å². The maximum Gasteiger partial charge on any atom is 0.133 e. The highest BCUT2D eigenvalue weighted by molar-refractivity contribution is 5.45. The van der Waals surface area contributed by atoms with Gasteiger partial charge < -0.3 is 15.1 Å². The Morgan fingerprint density at radius 2 is 2.25 bits per heavy atom. The number of aliphatic hydroxyl groups is 2. The number of rotatable bonds is 4. The lowest BCUT2D eigenvalue weighted by molar-refractivity contribution is 0.0464. The van der Waals surface area contributed by atoms with Crippen molar-refractivity contribution >= 4 is 5.82 Å². The molecule has 0 aliphatic heterocycles. The summed E-state index contributed by atoms with van der Waals surface area (Å²) in [6, 6.07) is 3.71. The number of nitrogens with zero attached hydrogens (tertiary/aromatic N) is 2. The van der Waals surface area contributed by atoms with Gasteiger partial charge in [0.15, 0.2) is 0 Å². The van der Waals surface area contributed by atoms with E-state index >= 15 is 0 Å². The fraction of sp³-hybridized carbons (Fsp3) is 0.583. The van der Waals surface area contributed by atoms with E-state index in [9.17, 15) is 10.2 Å². The van der Waals surface area contributed by atoms with Crippen LogP contribution >= 0.6 is 0 Å². The summed E-state index contributed by atoms with van der Waals surface area (Å²) in [6.45, 7) is 0.905. The van der Waals surface area contributed by atoms with Gasteiger partial charge in [0.05, 0.1) is 12.7 Å². The van der Waals surface area contributed by atoms with E-state index in [0.29, 0.717) is 5.92 Å². The first-order valence-electron chi connectivity index (χ1n) is 5.64. The van der Waals surface area contributed by atoms with Crippen LogP contribution in [0.3, 0.4) is 0 Å². The molecule has 0 unspecified atom stereocenters. The quantitative estimate of drug-likeness (QED) is 0.790. The summed E-state index contributed by atoms with van der Waals surface area (Å²) in [4.78, 5) is 6.34. The van der Waals surface area contributed by atoms with Gasteiger partial charge in [-0.3, -0.25) is 0 Å². The first-order valence-corrected chi connectivity index (χ1v) is 5.64. The zero-order valence-electron chi connectivity index (χ0n) is 9.50. The Kier molecular flexibility index (Phi) is 3.41. The molecule has 0 spiro atoms. The summed E-state index contributed by atoms with van der Waals surface area (Å²) in [6.07, 6.45) is 3.39. The molecule has 1 aliphatic carbocycles. The molecular formula is C12H18N2O2. The summed E-state index contributed by atoms with van der Waals surface area (Å²) >= 11 is 0. The van der Waals surface area contributed by atoms with Crippen LogP contribution in [0.25, 0.3) is 0 Å². The van der Waals surface area contributed by atoms with Crippen LogP contribution in [0, 0.1) is 5.92 Å². The molecule has 0 bridgehead atoms. The van der Waals surface area contributed by atoms with E-state index in [-0.39, 0.29) is 12.7 Å². The van der Waals surface area contributed by atoms with Crippen LogP contribution in [0.15, 0.2) is 18.3 Å². The van der Waals surface area contributed by atoms with Crippen LogP contribution in [0.4, 0.5) is 5.82 Å². The van der Waals surface area contributed by atoms with Gasteiger partial charge in [-0.1, -0.05) is 6.07 Å². The molecule has 0 amide bonds. The van der Waals surface area contributed by atoms with Gasteiger partial charge >= 0.3 is 0 Å². The molecule has 1 saturated carbocycles. The molecule has 1 aliphatic rings. The molecule has 0 atom stereocenters. The van der Waals surface area contributed by atoms with Crippen LogP contribution in [0.5, 0.6) is 0 Å². The highest BCUT2D eigenvalue weighted by Gasteiger charge is 2.28. The predicted octanol–water partition coefficient (Wildman–Crippen LogP) is 0.781. The largest absolute Gasteiger partial charge is 0.393 e. The Bertz CT molecular complexity index is 351. The topological polar surface area (TPSA) is 56.6 Å². The third-order valence-corrected chi connectivity index (χ3v) is 3.14. The number of hydrogen-bond acceptors (Lipinski definition) is 4. The SMILES string of the molecule is CN(CC1CC(O)C1)c1ncccc1CO. The van der Waals surface area contributed by atoms with E-state index < -0.39 is 0 Å². The fourth-order valence-electron chi connectivity index (χ4n) is 2.22. The highest BCUT2D eigenvalue weighted by Crippen LogP contribution is 2.29. The predicted molar refractivity (Wildman–Crippen MR) is 62.2 cm³/mol. The van der Waals surface area contributed by atoms with Gasteiger partial charge in [-0.25, -0.2) is 4.98 Å². The van der Waals surface area contributed by atoms with Gasteiger partial charge in [0, 0.05) is 25.4 Å². The van der Waals surface area contributed by atoms with Crippen LogP contribution < -0.4 is 4.90 Å². The molecule has 88 valence electrons. The van der Waals surface area contributed by atoms with E-state index in [4.69, 9.17) is 0 Å². The lowest BCUT2D eigenvalue weighted by Crippen LogP contribution is -2.37. The Morgan fingerprint density at radius 1 is 1.50 bits per heavy atom. The van der Waals surface area contributed by atoms with Crippen LogP contribution in [0.2, 0.25) is 0 Å². The summed E-state index contributed by atoms with van der Waals surface area (Å²) in [5, 5.41) is 18.4. The lowest BCUT2D eigenvalue weighted by atomic mass is 9.82. The molecule has 1 heterocycles. The average Bonchev–Trinajstić information content (AvgIpc) is 2.27. The molecule has 16 heavy (non-hydrogen) atoms. The van der Waals surface area contributed by atoms with Crippen molar-refractivity contribution in [2.45, 2.75) is 25.6 Å². The Morgan fingerprint density at radius 3 is 2.88 bits per heavy atom. The summed E-state index contributed by atoms with van der Waals surface area (Å²) in [7, 11) is 1.98. The molecule has 4 heteroatoms. The van der Waals surface area contributed by atoms with E-state index in [0.717, 1.165) is 30.8 Å². The monoisotopic (exact) mass is 222 g/mol. The number of aliphatic hydroxyl groups excluding tert-OH is 2. The smallest absolute Gasteiger partial charge is 0.133 e. The maximum atomic E-state index is 9.23. The number of anilines is 1. The van der Waals surface area contributed by atoms with Crippen molar-refractivity contribution in [1.82, 2.24) is 4.98 Å². The van der Waals surface area contributed by atoms with E-state index in [1.54, 1.807) is 6.20 Å². The maximum absolute atomic E-state index is 9.23. The zero-order chi connectivity index (χ0) is 11.5. The number of pyridine rings is 1. The molecule has 0 saturated heterocycles. The van der Waals surface area contributed by atoms with Gasteiger partial charge in [0.25, 0.3) is 0 Å². The molecule has 0 radical (unpaired) electrons. The molecule has 1 aromatic rings. The fourth-order valence-corrected chi connectivity index (χ4v) is 2.22. The second-order valence-corrected chi connectivity index (χ2v) is 4.52. The second kappa shape index (κ2) is 4.80. The minimum atomic E-state index is -0.112. The van der Waals surface area contributed by atoms with Crippen molar-refractivity contribution in [2.24, 2.45) is 5.92 Å². The summed E-state index contributed by atoms with van der Waals surface area (Å²) < 4.78 is 0. The van der Waals surface area contributed by atoms with Gasteiger partial charge in [0.1, 0.15) is 5.82 Å². The molecule has 2 N–H and O–H groups in total. The van der Waals surface area contributed by atoms with Gasteiger partial charge in [-0.05, 0) is 24.8 Å². The third-order valence-electron chi connectivity index (χ3n) is 3.14. The zero-order valence-corrected chi connectivity index (χ0v) is 9.50. The second-order valence-electron chi connectivity index (χ2n) is 4.52. The number of aromatic nitrogens is 1. The average molecular weight is 222 g/mol. The first kappa shape index (κ1) is 11.4. The van der Waals surface area contributed by atoms with Crippen LogP contribution in [-0.2, 0) is 6.61 Å². The normalized spacial score (nSPS) is 23.9. The summed E-state index contributed by atoms with van der Waals surface area (Å²) in [5.74, 6) is 1.39. The van der Waals surface area contributed by atoms with Gasteiger partial charge in [-0.2, -0.15) is 0 Å². The van der Waals surface area contributed by atoms with E-state index in [1.807, 2.05) is 19.2 Å². The molecule has 1 aromatic heterocycles. The molecular weight excluding hydrogens is 204 g/mol. The molecule has 1 fully saturated rings. The van der Waals surface area contributed by atoms with E-state index in [2.05, 4.69) is 9.88 Å². The Hall–Kier alpha value is -1.13. The first-order chi connectivity index (χ1) is 7.70. The van der Waals surface area contributed by atoms with Crippen molar-refractivity contribution in [2.75, 3.05) is 18.5 Å². The highest BCUT2D eigenvalue weighted by atomic mass is 16.3. The van der Waals surface area contributed by atoms with Crippen molar-refractivity contribution in [3.8, 4) is 0 Å². The third kappa shape index (κ3) is 2.33.